The van der Waals surface area contributed by atoms with Crippen LogP contribution in [0.2, 0.25) is 0 Å². The van der Waals surface area contributed by atoms with Gasteiger partial charge in [0.05, 0.1) is 4.90 Å². The van der Waals surface area contributed by atoms with E-state index < -0.39 is 10.0 Å². The molecule has 0 bridgehead atoms. The Labute approximate surface area is 151 Å². The minimum atomic E-state index is -3.52. The van der Waals surface area contributed by atoms with Crippen LogP contribution >= 0.6 is 12.4 Å². The largest absolute Gasteiger partial charge is 0.350 e. The Hall–Kier alpha value is -1.15. The molecule has 138 valence electrons. The van der Waals surface area contributed by atoms with Crippen LogP contribution in [0.15, 0.2) is 29.2 Å². The number of amides is 1. The molecular formula is C16H28ClN3O3S. The van der Waals surface area contributed by atoms with Gasteiger partial charge in [-0.25, -0.2) is 8.42 Å². The van der Waals surface area contributed by atoms with Gasteiger partial charge in [0.15, 0.2) is 0 Å². The first-order chi connectivity index (χ1) is 10.7. The molecule has 1 atom stereocenters. The van der Waals surface area contributed by atoms with Crippen molar-refractivity contribution in [1.29, 1.82) is 0 Å². The topological polar surface area (TPSA) is 78.5 Å². The van der Waals surface area contributed by atoms with Crippen molar-refractivity contribution in [3.8, 4) is 0 Å². The van der Waals surface area contributed by atoms with Gasteiger partial charge in [-0.1, -0.05) is 6.92 Å². The van der Waals surface area contributed by atoms with Gasteiger partial charge in [0.1, 0.15) is 0 Å². The fourth-order valence-electron chi connectivity index (χ4n) is 1.99. The SMILES string of the molecule is CCN[C@H](C)CNC(=O)c1ccc(S(=O)(=O)N(C)C(C)C)cc1.Cl. The van der Waals surface area contributed by atoms with Gasteiger partial charge >= 0.3 is 0 Å². The van der Waals surface area contributed by atoms with Gasteiger partial charge in [-0.3, -0.25) is 4.79 Å². The van der Waals surface area contributed by atoms with Crippen molar-refractivity contribution in [3.63, 3.8) is 0 Å². The summed E-state index contributed by atoms with van der Waals surface area (Å²) >= 11 is 0. The van der Waals surface area contributed by atoms with Gasteiger partial charge in [0.25, 0.3) is 5.91 Å². The molecule has 0 aliphatic rings. The van der Waals surface area contributed by atoms with E-state index in [1.807, 2.05) is 27.7 Å². The average molecular weight is 378 g/mol. The van der Waals surface area contributed by atoms with E-state index in [1.54, 1.807) is 7.05 Å². The number of hydrogen-bond donors (Lipinski definition) is 2. The first kappa shape index (κ1) is 22.9. The van der Waals surface area contributed by atoms with Gasteiger partial charge in [-0.05, 0) is 51.6 Å². The Kier molecular flexibility index (Phi) is 9.50. The predicted octanol–water partition coefficient (Wildman–Crippen LogP) is 1.87. The standard InChI is InChI=1S/C16H27N3O3S.ClH/c1-6-17-13(4)11-18-16(20)14-7-9-15(10-8-14)23(21,22)19(5)12(2)3;/h7-10,12-13,17H,6,11H2,1-5H3,(H,18,20);1H/t13-;/m1./s1. The highest BCUT2D eigenvalue weighted by Gasteiger charge is 2.23. The number of halogens is 1. The third kappa shape index (κ3) is 6.05. The molecule has 8 heteroatoms. The summed E-state index contributed by atoms with van der Waals surface area (Å²) in [6, 6.07) is 6.06. The van der Waals surface area contributed by atoms with Gasteiger partial charge < -0.3 is 10.6 Å². The molecule has 24 heavy (non-hydrogen) atoms. The monoisotopic (exact) mass is 377 g/mol. The van der Waals surface area contributed by atoms with Gasteiger partial charge in [-0.2, -0.15) is 4.31 Å². The fourth-order valence-corrected chi connectivity index (χ4v) is 3.36. The fraction of sp³-hybridized carbons (Fsp3) is 0.562. The smallest absolute Gasteiger partial charge is 0.251 e. The van der Waals surface area contributed by atoms with Crippen molar-refractivity contribution in [2.45, 2.75) is 44.7 Å². The van der Waals surface area contributed by atoms with Crippen molar-refractivity contribution in [2.75, 3.05) is 20.1 Å². The summed E-state index contributed by atoms with van der Waals surface area (Å²) < 4.78 is 26.0. The molecular weight excluding hydrogens is 350 g/mol. The molecule has 0 heterocycles. The predicted molar refractivity (Wildman–Crippen MR) is 99.2 cm³/mol. The zero-order valence-corrected chi connectivity index (χ0v) is 16.5. The van der Waals surface area contributed by atoms with Gasteiger partial charge in [0.2, 0.25) is 10.0 Å². The maximum atomic E-state index is 12.4. The van der Waals surface area contributed by atoms with Crippen molar-refractivity contribution >= 4 is 28.3 Å². The molecule has 0 aromatic heterocycles. The van der Waals surface area contributed by atoms with E-state index >= 15 is 0 Å². The molecule has 1 aromatic rings. The second-order valence-electron chi connectivity index (χ2n) is 5.81. The normalized spacial score (nSPS) is 12.8. The maximum absolute atomic E-state index is 12.4. The van der Waals surface area contributed by atoms with Crippen LogP contribution in [0.3, 0.4) is 0 Å². The number of sulfonamides is 1. The molecule has 0 spiro atoms. The van der Waals surface area contributed by atoms with E-state index in [2.05, 4.69) is 10.6 Å². The van der Waals surface area contributed by atoms with E-state index in [-0.39, 0.29) is 35.3 Å². The summed E-state index contributed by atoms with van der Waals surface area (Å²) in [6.45, 7) is 8.97. The van der Waals surface area contributed by atoms with Crippen molar-refractivity contribution in [1.82, 2.24) is 14.9 Å². The molecule has 0 aliphatic carbocycles. The van der Waals surface area contributed by atoms with E-state index in [4.69, 9.17) is 0 Å². The highest BCUT2D eigenvalue weighted by Crippen LogP contribution is 2.17. The van der Waals surface area contributed by atoms with Crippen LogP contribution in [0.4, 0.5) is 0 Å². The Morgan fingerprint density at radius 3 is 2.17 bits per heavy atom. The summed E-state index contributed by atoms with van der Waals surface area (Å²) in [5, 5.41) is 6.03. The number of likely N-dealkylation sites (N-methyl/N-ethyl adjacent to an activating group) is 1. The second kappa shape index (κ2) is 9.98. The first-order valence-corrected chi connectivity index (χ1v) is 9.23. The van der Waals surface area contributed by atoms with Crippen LogP contribution in [-0.4, -0.2) is 50.9 Å². The average Bonchev–Trinajstić information content (AvgIpc) is 2.52. The molecule has 0 unspecified atom stereocenters. The summed E-state index contributed by atoms with van der Waals surface area (Å²) in [5.41, 5.74) is 0.444. The minimum Gasteiger partial charge on any atom is -0.350 e. The maximum Gasteiger partial charge on any atom is 0.251 e. The summed E-state index contributed by atoms with van der Waals surface area (Å²) in [5.74, 6) is -0.212. The van der Waals surface area contributed by atoms with Crippen molar-refractivity contribution < 1.29 is 13.2 Å². The number of nitrogens with zero attached hydrogens (tertiary/aromatic N) is 1. The Morgan fingerprint density at radius 1 is 1.17 bits per heavy atom. The second-order valence-corrected chi connectivity index (χ2v) is 7.81. The first-order valence-electron chi connectivity index (χ1n) is 7.79. The number of nitrogens with one attached hydrogen (secondary N) is 2. The highest BCUT2D eigenvalue weighted by atomic mass is 35.5. The van der Waals surface area contributed by atoms with E-state index in [9.17, 15) is 13.2 Å². The van der Waals surface area contributed by atoms with Gasteiger partial charge in [0, 0.05) is 31.2 Å². The molecule has 0 saturated carbocycles. The van der Waals surface area contributed by atoms with Crippen LogP contribution in [0.25, 0.3) is 0 Å². The molecule has 0 radical (unpaired) electrons. The Morgan fingerprint density at radius 2 is 1.71 bits per heavy atom. The lowest BCUT2D eigenvalue weighted by Crippen LogP contribution is -2.38. The number of rotatable bonds is 8. The summed E-state index contributed by atoms with van der Waals surface area (Å²) in [7, 11) is -1.98. The number of carbonyl (C=O) groups is 1. The van der Waals surface area contributed by atoms with Crippen LogP contribution in [0.5, 0.6) is 0 Å². The lowest BCUT2D eigenvalue weighted by molar-refractivity contribution is 0.0950. The highest BCUT2D eigenvalue weighted by molar-refractivity contribution is 7.89. The summed E-state index contributed by atoms with van der Waals surface area (Å²) in [6.07, 6.45) is 0. The quantitative estimate of drug-likeness (QED) is 0.724. The van der Waals surface area contributed by atoms with Crippen LogP contribution in [0.1, 0.15) is 38.1 Å². The molecule has 1 aromatic carbocycles. The zero-order valence-electron chi connectivity index (χ0n) is 14.9. The third-order valence-corrected chi connectivity index (χ3v) is 5.69. The van der Waals surface area contributed by atoms with Crippen LogP contribution < -0.4 is 10.6 Å². The number of carbonyl (C=O) groups excluding carboxylic acids is 1. The van der Waals surface area contributed by atoms with E-state index in [0.29, 0.717) is 12.1 Å². The third-order valence-electron chi connectivity index (χ3n) is 3.64. The van der Waals surface area contributed by atoms with Crippen LogP contribution in [-0.2, 0) is 10.0 Å². The lowest BCUT2D eigenvalue weighted by Gasteiger charge is -2.21. The zero-order chi connectivity index (χ0) is 17.6. The molecule has 0 fully saturated rings. The number of hydrogen-bond acceptors (Lipinski definition) is 4. The molecule has 2 N–H and O–H groups in total. The molecule has 6 nitrogen and oxygen atoms in total. The van der Waals surface area contributed by atoms with E-state index in [1.165, 1.54) is 28.6 Å². The van der Waals surface area contributed by atoms with Gasteiger partial charge in [-0.15, -0.1) is 12.4 Å². The van der Waals surface area contributed by atoms with E-state index in [0.717, 1.165) is 6.54 Å². The molecule has 1 rings (SSSR count). The van der Waals surface area contributed by atoms with Crippen molar-refractivity contribution in [2.24, 2.45) is 0 Å². The summed E-state index contributed by atoms with van der Waals surface area (Å²) in [4.78, 5) is 12.2. The Bertz CT molecular complexity index is 618. The lowest BCUT2D eigenvalue weighted by atomic mass is 10.2. The Balaban J connectivity index is 0.00000529. The van der Waals surface area contributed by atoms with Crippen molar-refractivity contribution in [3.05, 3.63) is 29.8 Å². The number of benzene rings is 1. The molecule has 0 aliphatic heterocycles. The molecule has 0 saturated heterocycles. The van der Waals surface area contributed by atoms with Crippen LogP contribution in [0, 0.1) is 0 Å². The molecule has 1 amide bonds. The minimum absolute atomic E-state index is 0.